The third kappa shape index (κ3) is 8.12. The van der Waals surface area contributed by atoms with Gasteiger partial charge in [0.25, 0.3) is 5.60 Å². The number of amides is 2. The van der Waals surface area contributed by atoms with Gasteiger partial charge >= 0.3 is 18.4 Å². The standard InChI is InChI=1S/C29H36F7N3O2/c1-4-26(2,3)18-37-25(40)38-24-10-7-21(16-23(24)30)15-19-11-13-39(14-12-19)17-20-5-8-22(9-6-20)27(41,28(31,32)33)29(34,35)36/h5-10,16,19,41H,4,11-15,17-18H2,1-3H3,(H2,37,38,40). The maximum absolute atomic E-state index is 14.7. The molecule has 5 nitrogen and oxygen atoms in total. The van der Waals surface area contributed by atoms with Crippen LogP contribution in [0, 0.1) is 17.2 Å². The number of alkyl halides is 6. The molecule has 41 heavy (non-hydrogen) atoms. The Kier molecular flexibility index (Phi) is 10.0. The van der Waals surface area contributed by atoms with Crippen molar-refractivity contribution in [2.24, 2.45) is 11.3 Å². The van der Waals surface area contributed by atoms with Crippen LogP contribution in [0.1, 0.15) is 56.7 Å². The normalized spacial score (nSPS) is 16.1. The van der Waals surface area contributed by atoms with Gasteiger partial charge in [0.05, 0.1) is 5.69 Å². The van der Waals surface area contributed by atoms with Gasteiger partial charge in [-0.05, 0) is 73.4 Å². The highest BCUT2D eigenvalue weighted by Gasteiger charge is 2.71. The Morgan fingerprint density at radius 1 is 0.951 bits per heavy atom. The lowest BCUT2D eigenvalue weighted by Crippen LogP contribution is -2.53. The van der Waals surface area contributed by atoms with Crippen LogP contribution in [0.25, 0.3) is 0 Å². The molecule has 0 radical (unpaired) electrons. The molecule has 1 saturated heterocycles. The number of rotatable bonds is 9. The van der Waals surface area contributed by atoms with Crippen molar-refractivity contribution >= 4 is 11.7 Å². The molecule has 1 fully saturated rings. The number of benzene rings is 2. The number of anilines is 1. The molecule has 2 aromatic carbocycles. The molecule has 0 atom stereocenters. The first-order valence-electron chi connectivity index (χ1n) is 13.5. The van der Waals surface area contributed by atoms with Gasteiger partial charge in [0, 0.05) is 18.7 Å². The van der Waals surface area contributed by atoms with Crippen LogP contribution in [0.5, 0.6) is 0 Å². The number of halogens is 7. The maximum Gasteiger partial charge on any atom is 0.430 e. The molecule has 228 valence electrons. The highest BCUT2D eigenvalue weighted by Crippen LogP contribution is 2.50. The second kappa shape index (κ2) is 12.6. The Morgan fingerprint density at radius 3 is 2.02 bits per heavy atom. The summed E-state index contributed by atoms with van der Waals surface area (Å²) in [6.45, 7) is 8.15. The molecule has 2 aromatic rings. The minimum atomic E-state index is -5.92. The van der Waals surface area contributed by atoms with Gasteiger partial charge in [-0.2, -0.15) is 26.3 Å². The predicted molar refractivity (Wildman–Crippen MR) is 142 cm³/mol. The first kappa shape index (κ1) is 32.7. The Morgan fingerprint density at radius 2 is 1.51 bits per heavy atom. The topological polar surface area (TPSA) is 64.6 Å². The Bertz CT molecular complexity index is 1160. The van der Waals surface area contributed by atoms with E-state index in [9.17, 15) is 40.6 Å². The van der Waals surface area contributed by atoms with Gasteiger partial charge in [0.1, 0.15) is 5.82 Å². The first-order chi connectivity index (χ1) is 18.9. The van der Waals surface area contributed by atoms with Gasteiger partial charge in [-0.3, -0.25) is 4.90 Å². The van der Waals surface area contributed by atoms with Crippen molar-refractivity contribution < 1.29 is 40.6 Å². The fourth-order valence-corrected chi connectivity index (χ4v) is 4.68. The molecule has 1 aliphatic rings. The third-order valence-corrected chi connectivity index (χ3v) is 7.80. The molecule has 0 spiro atoms. The molecule has 0 bridgehead atoms. The summed E-state index contributed by atoms with van der Waals surface area (Å²) in [5.74, 6) is -0.267. The van der Waals surface area contributed by atoms with Gasteiger partial charge in [-0.1, -0.05) is 51.1 Å². The number of nitrogens with zero attached hydrogens (tertiary/aromatic N) is 1. The van der Waals surface area contributed by atoms with Crippen molar-refractivity contribution in [1.29, 1.82) is 0 Å². The lowest BCUT2D eigenvalue weighted by Gasteiger charge is -2.33. The molecule has 0 unspecified atom stereocenters. The van der Waals surface area contributed by atoms with E-state index in [1.165, 1.54) is 12.1 Å². The summed E-state index contributed by atoms with van der Waals surface area (Å²) in [5, 5.41) is 14.8. The van der Waals surface area contributed by atoms with Gasteiger partial charge in [-0.25, -0.2) is 9.18 Å². The lowest BCUT2D eigenvalue weighted by molar-refractivity contribution is -0.376. The van der Waals surface area contributed by atoms with Crippen LogP contribution in [0.15, 0.2) is 42.5 Å². The van der Waals surface area contributed by atoms with Gasteiger partial charge < -0.3 is 15.7 Å². The van der Waals surface area contributed by atoms with E-state index in [1.54, 1.807) is 6.07 Å². The monoisotopic (exact) mass is 591 g/mol. The molecule has 3 rings (SSSR count). The molecule has 0 saturated carbocycles. The molecule has 0 aliphatic carbocycles. The van der Waals surface area contributed by atoms with Gasteiger partial charge in [0.15, 0.2) is 0 Å². The average Bonchev–Trinajstić information content (AvgIpc) is 2.89. The second-order valence-corrected chi connectivity index (χ2v) is 11.5. The number of nitrogens with one attached hydrogen (secondary N) is 2. The largest absolute Gasteiger partial charge is 0.430 e. The average molecular weight is 592 g/mol. The Balaban J connectivity index is 1.51. The number of hydrogen-bond donors (Lipinski definition) is 3. The lowest BCUT2D eigenvalue weighted by atomic mass is 9.89. The zero-order chi connectivity index (χ0) is 30.6. The zero-order valence-corrected chi connectivity index (χ0v) is 23.2. The van der Waals surface area contributed by atoms with E-state index in [-0.39, 0.29) is 17.0 Å². The summed E-state index contributed by atoms with van der Waals surface area (Å²) in [5.41, 5.74) is -4.90. The number of urea groups is 1. The van der Waals surface area contributed by atoms with Crippen molar-refractivity contribution in [3.63, 3.8) is 0 Å². The molecule has 1 aliphatic heterocycles. The molecule has 3 N–H and O–H groups in total. The van der Waals surface area contributed by atoms with Gasteiger partial charge in [0.2, 0.25) is 0 Å². The number of carbonyl (C=O) groups excluding carboxylic acids is 1. The summed E-state index contributed by atoms with van der Waals surface area (Å²) in [6, 6.07) is 7.87. The summed E-state index contributed by atoms with van der Waals surface area (Å²) in [7, 11) is 0. The van der Waals surface area contributed by atoms with Gasteiger partial charge in [-0.15, -0.1) is 0 Å². The van der Waals surface area contributed by atoms with Crippen LogP contribution in [0.4, 0.5) is 41.2 Å². The van der Waals surface area contributed by atoms with Crippen LogP contribution in [-0.2, 0) is 18.6 Å². The maximum atomic E-state index is 14.7. The van der Waals surface area contributed by atoms with Crippen molar-refractivity contribution in [2.45, 2.75) is 71.0 Å². The minimum absolute atomic E-state index is 0.0693. The van der Waals surface area contributed by atoms with Crippen molar-refractivity contribution in [3.05, 3.63) is 65.0 Å². The zero-order valence-electron chi connectivity index (χ0n) is 23.2. The number of likely N-dealkylation sites (tertiary alicyclic amines) is 1. The van der Waals surface area contributed by atoms with Crippen LogP contribution in [0.3, 0.4) is 0 Å². The smallest absolute Gasteiger partial charge is 0.369 e. The summed E-state index contributed by atoms with van der Waals surface area (Å²) in [6.07, 6.45) is -8.79. The summed E-state index contributed by atoms with van der Waals surface area (Å²) >= 11 is 0. The van der Waals surface area contributed by atoms with E-state index in [0.29, 0.717) is 50.3 Å². The number of carbonyl (C=O) groups is 1. The van der Waals surface area contributed by atoms with E-state index in [2.05, 4.69) is 10.6 Å². The highest BCUT2D eigenvalue weighted by molar-refractivity contribution is 5.89. The van der Waals surface area contributed by atoms with E-state index in [0.717, 1.165) is 37.0 Å². The predicted octanol–water partition coefficient (Wildman–Crippen LogP) is 7.15. The van der Waals surface area contributed by atoms with Crippen molar-refractivity contribution in [2.75, 3.05) is 25.0 Å². The van der Waals surface area contributed by atoms with Crippen LogP contribution in [-0.4, -0.2) is 48.0 Å². The van der Waals surface area contributed by atoms with Crippen LogP contribution < -0.4 is 10.6 Å². The number of hydrogen-bond acceptors (Lipinski definition) is 3. The molecule has 12 heteroatoms. The molecular weight excluding hydrogens is 555 g/mol. The number of aliphatic hydroxyl groups is 1. The third-order valence-electron chi connectivity index (χ3n) is 7.80. The van der Waals surface area contributed by atoms with E-state index in [4.69, 9.17) is 0 Å². The molecule has 1 heterocycles. The minimum Gasteiger partial charge on any atom is -0.369 e. The number of piperidine rings is 1. The summed E-state index contributed by atoms with van der Waals surface area (Å²) < 4.78 is 93.3. The Hall–Kier alpha value is -2.86. The Labute approximate surface area is 235 Å². The highest BCUT2D eigenvalue weighted by atomic mass is 19.4. The molecular formula is C29H36F7N3O2. The van der Waals surface area contributed by atoms with E-state index >= 15 is 0 Å². The van der Waals surface area contributed by atoms with E-state index in [1.807, 2.05) is 25.7 Å². The van der Waals surface area contributed by atoms with Crippen molar-refractivity contribution in [3.8, 4) is 0 Å². The van der Waals surface area contributed by atoms with Crippen LogP contribution in [0.2, 0.25) is 0 Å². The quantitative estimate of drug-likeness (QED) is 0.272. The second-order valence-electron chi connectivity index (χ2n) is 11.5. The molecule has 0 aromatic heterocycles. The fourth-order valence-electron chi connectivity index (χ4n) is 4.68. The van der Waals surface area contributed by atoms with E-state index < -0.39 is 35.4 Å². The fraction of sp³-hybridized carbons (Fsp3) is 0.552. The summed E-state index contributed by atoms with van der Waals surface area (Å²) in [4.78, 5) is 14.2. The van der Waals surface area contributed by atoms with Crippen LogP contribution >= 0.6 is 0 Å². The molecule has 2 amide bonds. The SMILES string of the molecule is CCC(C)(C)CNC(=O)Nc1ccc(CC2CCN(Cc3ccc(C(O)(C(F)(F)F)C(F)(F)F)cc3)CC2)cc1F. The first-order valence-corrected chi connectivity index (χ1v) is 13.5. The van der Waals surface area contributed by atoms with Crippen molar-refractivity contribution in [1.82, 2.24) is 10.2 Å².